The van der Waals surface area contributed by atoms with E-state index in [0.29, 0.717) is 6.98 Å². The summed E-state index contributed by atoms with van der Waals surface area (Å²) < 4.78 is 2.56. The minimum absolute atomic E-state index is 0.0852. The first-order chi connectivity index (χ1) is 14.0. The lowest BCUT2D eigenvalue weighted by Gasteiger charge is -2.51. The Morgan fingerprint density at radius 3 is 2.48 bits per heavy atom. The van der Waals surface area contributed by atoms with E-state index in [0.717, 1.165) is 25.9 Å². The summed E-state index contributed by atoms with van der Waals surface area (Å²) in [6, 6.07) is 16.0. The molecule has 1 saturated heterocycles. The van der Waals surface area contributed by atoms with Gasteiger partial charge in [0.05, 0.1) is 18.1 Å². The van der Waals surface area contributed by atoms with Crippen molar-refractivity contribution in [2.24, 2.45) is 0 Å². The summed E-state index contributed by atoms with van der Waals surface area (Å²) in [5.74, 6) is 1.37. The second-order valence-electron chi connectivity index (χ2n) is 9.36. The molecule has 0 amide bonds. The standard InChI is InChI=1S/C25H37BN3/c1-6-9-13-21-14-12-15-22(20-21)28-18-19-29-23-16-10-11-17-27(23)25(5,8-3)24(4,7-2)26(28)29/h10-12,14-17,20H,6-9,13,18-19H2,1-5H3/q+1. The molecule has 0 radical (unpaired) electrons. The van der Waals surface area contributed by atoms with Crippen LogP contribution in [-0.4, -0.2) is 20.1 Å². The van der Waals surface area contributed by atoms with E-state index in [2.05, 4.69) is 97.5 Å². The van der Waals surface area contributed by atoms with Crippen LogP contribution in [0.4, 0.5) is 11.5 Å². The van der Waals surface area contributed by atoms with E-state index in [9.17, 15) is 0 Å². The van der Waals surface area contributed by atoms with Gasteiger partial charge in [0.15, 0.2) is 0 Å². The molecular formula is C25H37BN3+. The second kappa shape index (κ2) is 7.70. The van der Waals surface area contributed by atoms with Gasteiger partial charge in [-0.1, -0.05) is 52.3 Å². The van der Waals surface area contributed by atoms with Crippen molar-refractivity contribution in [3.8, 4) is 0 Å². The van der Waals surface area contributed by atoms with Gasteiger partial charge in [0.1, 0.15) is 5.54 Å². The molecule has 2 unspecified atom stereocenters. The fourth-order valence-corrected chi connectivity index (χ4v) is 5.87. The highest BCUT2D eigenvalue weighted by Gasteiger charge is 2.68. The lowest BCUT2D eigenvalue weighted by Crippen LogP contribution is -2.74. The van der Waals surface area contributed by atoms with Gasteiger partial charge < -0.3 is 9.62 Å². The largest absolute Gasteiger partial charge is 0.507 e. The van der Waals surface area contributed by atoms with Crippen molar-refractivity contribution in [2.75, 3.05) is 22.7 Å². The molecule has 2 aliphatic heterocycles. The van der Waals surface area contributed by atoms with Crippen molar-refractivity contribution < 1.29 is 4.57 Å². The van der Waals surface area contributed by atoms with Crippen LogP contribution in [0, 0.1) is 0 Å². The van der Waals surface area contributed by atoms with Crippen LogP contribution >= 0.6 is 0 Å². The maximum Gasteiger partial charge on any atom is 0.507 e. The number of unbranched alkanes of at least 4 members (excludes halogenated alkanes) is 1. The molecule has 0 aliphatic carbocycles. The zero-order valence-electron chi connectivity index (χ0n) is 19.0. The quantitative estimate of drug-likeness (QED) is 0.480. The lowest BCUT2D eigenvalue weighted by atomic mass is 9.39. The summed E-state index contributed by atoms with van der Waals surface area (Å²) in [5, 5.41) is 0.149. The highest BCUT2D eigenvalue weighted by atomic mass is 15.4. The van der Waals surface area contributed by atoms with Gasteiger partial charge in [-0.2, -0.15) is 0 Å². The van der Waals surface area contributed by atoms with Crippen molar-refractivity contribution in [1.29, 1.82) is 0 Å². The normalized spacial score (nSPS) is 25.9. The molecule has 1 fully saturated rings. The molecule has 0 bridgehead atoms. The van der Waals surface area contributed by atoms with Crippen molar-refractivity contribution in [1.82, 2.24) is 0 Å². The highest BCUT2D eigenvalue weighted by Crippen LogP contribution is 2.55. The molecule has 2 atom stereocenters. The fraction of sp³-hybridized carbons (Fsp3) is 0.560. The van der Waals surface area contributed by atoms with E-state index < -0.39 is 0 Å². The van der Waals surface area contributed by atoms with Crippen molar-refractivity contribution in [3.63, 3.8) is 0 Å². The molecule has 0 N–H and O–H groups in total. The molecule has 4 heteroatoms. The first kappa shape index (κ1) is 20.3. The number of anilines is 2. The van der Waals surface area contributed by atoms with E-state index in [1.165, 1.54) is 36.3 Å². The average molecular weight is 390 g/mol. The Balaban J connectivity index is 1.81. The number of hydrogen-bond donors (Lipinski definition) is 0. The third-order valence-corrected chi connectivity index (χ3v) is 8.12. The maximum absolute atomic E-state index is 2.70. The van der Waals surface area contributed by atoms with Crippen molar-refractivity contribution in [2.45, 2.75) is 77.6 Å². The number of rotatable bonds is 6. The maximum atomic E-state index is 2.70. The number of pyridine rings is 1. The van der Waals surface area contributed by atoms with Crippen LogP contribution in [0.15, 0.2) is 48.7 Å². The van der Waals surface area contributed by atoms with E-state index in [4.69, 9.17) is 0 Å². The van der Waals surface area contributed by atoms with Crippen LogP contribution in [0.5, 0.6) is 0 Å². The van der Waals surface area contributed by atoms with Crippen LogP contribution in [0.25, 0.3) is 0 Å². The molecule has 4 rings (SSSR count). The summed E-state index contributed by atoms with van der Waals surface area (Å²) >= 11 is 0. The Hall–Kier alpha value is -1.97. The Bertz CT molecular complexity index is 869. The van der Waals surface area contributed by atoms with E-state index in [1.54, 1.807) is 0 Å². The Morgan fingerprint density at radius 2 is 1.76 bits per heavy atom. The van der Waals surface area contributed by atoms with Crippen molar-refractivity contribution in [3.05, 3.63) is 54.2 Å². The van der Waals surface area contributed by atoms with Crippen LogP contribution in [0.3, 0.4) is 0 Å². The number of fused-ring (bicyclic) bond motifs is 3. The predicted octanol–water partition coefficient (Wildman–Crippen LogP) is 5.44. The molecule has 0 spiro atoms. The van der Waals surface area contributed by atoms with Crippen molar-refractivity contribution >= 4 is 18.5 Å². The number of nitrogens with zero attached hydrogens (tertiary/aromatic N) is 3. The van der Waals surface area contributed by atoms with Gasteiger partial charge in [-0.05, 0) is 56.4 Å². The number of aryl methyl sites for hydroxylation is 1. The second-order valence-corrected chi connectivity index (χ2v) is 9.36. The van der Waals surface area contributed by atoms with Gasteiger partial charge >= 0.3 is 6.98 Å². The smallest absolute Gasteiger partial charge is 0.370 e. The molecule has 3 nitrogen and oxygen atoms in total. The van der Waals surface area contributed by atoms with Gasteiger partial charge in [0.2, 0.25) is 0 Å². The third-order valence-electron chi connectivity index (χ3n) is 8.12. The third kappa shape index (κ3) is 2.98. The van der Waals surface area contributed by atoms with Gasteiger partial charge in [-0.3, -0.25) is 0 Å². The van der Waals surface area contributed by atoms with E-state index in [1.807, 2.05) is 0 Å². The van der Waals surface area contributed by atoms with Gasteiger partial charge in [0, 0.05) is 18.3 Å². The Kier molecular flexibility index (Phi) is 5.39. The highest BCUT2D eigenvalue weighted by molar-refractivity contribution is 6.71. The number of aromatic nitrogens is 1. The van der Waals surface area contributed by atoms with Gasteiger partial charge in [0.25, 0.3) is 5.82 Å². The molecule has 154 valence electrons. The first-order valence-corrected chi connectivity index (χ1v) is 11.6. The van der Waals surface area contributed by atoms with Gasteiger partial charge in [-0.15, -0.1) is 0 Å². The monoisotopic (exact) mass is 390 g/mol. The molecule has 29 heavy (non-hydrogen) atoms. The lowest BCUT2D eigenvalue weighted by molar-refractivity contribution is -0.758. The van der Waals surface area contributed by atoms with Gasteiger partial charge in [-0.25, -0.2) is 4.57 Å². The van der Waals surface area contributed by atoms with E-state index >= 15 is 0 Å². The SMILES string of the molecule is CCCCc1cccc(N2CCN3B2C(C)(CC)C(C)(CC)[n+]2ccccc23)c1. The Labute approximate surface area is 177 Å². The summed E-state index contributed by atoms with van der Waals surface area (Å²) in [6.07, 6.45) is 8.30. The zero-order chi connectivity index (χ0) is 20.6. The first-order valence-electron chi connectivity index (χ1n) is 11.6. The van der Waals surface area contributed by atoms with Crippen LogP contribution in [-0.2, 0) is 12.0 Å². The number of hydrogen-bond acceptors (Lipinski definition) is 2. The molecule has 1 aromatic heterocycles. The predicted molar refractivity (Wildman–Crippen MR) is 125 cm³/mol. The summed E-state index contributed by atoms with van der Waals surface area (Å²) in [4.78, 5) is 5.36. The van der Waals surface area contributed by atoms with Crippen LogP contribution in [0.1, 0.15) is 65.9 Å². The van der Waals surface area contributed by atoms with Crippen LogP contribution in [0.2, 0.25) is 5.31 Å². The topological polar surface area (TPSA) is 10.4 Å². The number of benzene rings is 1. The molecular weight excluding hydrogens is 353 g/mol. The molecule has 3 heterocycles. The average Bonchev–Trinajstić information content (AvgIpc) is 3.22. The molecule has 0 saturated carbocycles. The molecule has 1 aromatic carbocycles. The fourth-order valence-electron chi connectivity index (χ4n) is 5.87. The summed E-state index contributed by atoms with van der Waals surface area (Å²) in [6.45, 7) is 14.6. The zero-order valence-corrected chi connectivity index (χ0v) is 19.0. The van der Waals surface area contributed by atoms with Crippen LogP contribution < -0.4 is 14.2 Å². The van der Waals surface area contributed by atoms with E-state index in [-0.39, 0.29) is 10.9 Å². The Morgan fingerprint density at radius 1 is 0.966 bits per heavy atom. The minimum Gasteiger partial charge on any atom is -0.370 e. The minimum atomic E-state index is 0.0852. The summed E-state index contributed by atoms with van der Waals surface area (Å²) in [7, 11) is 0. The molecule has 2 aromatic rings. The summed E-state index contributed by atoms with van der Waals surface area (Å²) in [5.41, 5.74) is 2.96. The molecule has 2 aliphatic rings.